The average Bonchev–Trinajstić information content (AvgIpc) is 3.19. The van der Waals surface area contributed by atoms with Crippen LogP contribution in [-0.4, -0.2) is 28.0 Å². The summed E-state index contributed by atoms with van der Waals surface area (Å²) >= 11 is 0. The molecule has 4 heteroatoms. The summed E-state index contributed by atoms with van der Waals surface area (Å²) in [5, 5.41) is 0. The second kappa shape index (κ2) is 8.57. The Hall–Kier alpha value is -1.34. The van der Waals surface area contributed by atoms with Crippen molar-refractivity contribution < 1.29 is 4.74 Å². The van der Waals surface area contributed by atoms with Crippen LogP contribution >= 0.6 is 7.92 Å². The molecule has 0 bridgehead atoms. The Labute approximate surface area is 158 Å². The quantitative estimate of drug-likeness (QED) is 0.636. The van der Waals surface area contributed by atoms with Gasteiger partial charge >= 0.3 is 0 Å². The van der Waals surface area contributed by atoms with Gasteiger partial charge in [-0.3, -0.25) is 0 Å². The lowest BCUT2D eigenvalue weighted by atomic mass is 9.99. The predicted molar refractivity (Wildman–Crippen MR) is 110 cm³/mol. The molecule has 2 fully saturated rings. The number of hydrogen-bond donors (Lipinski definition) is 0. The number of imidazole rings is 1. The van der Waals surface area contributed by atoms with Crippen molar-refractivity contribution in [2.45, 2.75) is 75.5 Å². The molecule has 0 aliphatic heterocycles. The van der Waals surface area contributed by atoms with Gasteiger partial charge in [0, 0.05) is 18.1 Å². The fraction of sp³-hybridized carbons (Fsp3) is 0.591. The molecule has 26 heavy (non-hydrogen) atoms. The summed E-state index contributed by atoms with van der Waals surface area (Å²) in [6, 6.07) is 8.45. The van der Waals surface area contributed by atoms with Crippen LogP contribution in [-0.2, 0) is 0 Å². The van der Waals surface area contributed by atoms with E-state index < -0.39 is 0 Å². The largest absolute Gasteiger partial charge is 0.497 e. The molecule has 1 aromatic heterocycles. The Morgan fingerprint density at radius 2 is 1.46 bits per heavy atom. The van der Waals surface area contributed by atoms with Gasteiger partial charge in [-0.05, 0) is 69.2 Å². The molecule has 0 N–H and O–H groups in total. The molecule has 2 aliphatic carbocycles. The van der Waals surface area contributed by atoms with E-state index in [0.29, 0.717) is 0 Å². The van der Waals surface area contributed by atoms with Crippen molar-refractivity contribution >= 4 is 13.5 Å². The molecule has 1 heterocycles. The molecule has 140 valence electrons. The molecule has 2 aliphatic rings. The van der Waals surface area contributed by atoms with Gasteiger partial charge in [-0.1, -0.05) is 38.5 Å². The number of ether oxygens (including phenoxy) is 1. The van der Waals surface area contributed by atoms with Gasteiger partial charge in [0.1, 0.15) is 11.3 Å². The summed E-state index contributed by atoms with van der Waals surface area (Å²) in [6.07, 6.45) is 18.4. The Morgan fingerprint density at radius 3 is 2.00 bits per heavy atom. The van der Waals surface area contributed by atoms with Crippen molar-refractivity contribution in [3.8, 4) is 11.4 Å². The second-order valence-electron chi connectivity index (χ2n) is 7.79. The van der Waals surface area contributed by atoms with Gasteiger partial charge in [0.05, 0.1) is 7.11 Å². The lowest BCUT2D eigenvalue weighted by Crippen LogP contribution is -2.30. The Kier molecular flexibility index (Phi) is 5.94. The first-order valence-corrected chi connectivity index (χ1v) is 11.8. The third-order valence-corrected chi connectivity index (χ3v) is 9.54. The minimum Gasteiger partial charge on any atom is -0.497 e. The molecule has 0 radical (unpaired) electrons. The number of hydrogen-bond acceptors (Lipinski definition) is 2. The predicted octanol–water partition coefficient (Wildman–Crippen LogP) is 5.65. The second-order valence-corrected chi connectivity index (χ2v) is 10.5. The molecule has 0 saturated heterocycles. The van der Waals surface area contributed by atoms with Crippen LogP contribution in [0.3, 0.4) is 0 Å². The van der Waals surface area contributed by atoms with E-state index in [4.69, 9.17) is 9.72 Å². The summed E-state index contributed by atoms with van der Waals surface area (Å²) in [6.45, 7) is 0. The molecular formula is C22H31N2OP. The van der Waals surface area contributed by atoms with Crippen LogP contribution in [0, 0.1) is 0 Å². The summed E-state index contributed by atoms with van der Waals surface area (Å²) in [4.78, 5) is 4.95. The van der Waals surface area contributed by atoms with Gasteiger partial charge in [0.25, 0.3) is 0 Å². The SMILES string of the molecule is COc1ccc(-n2ccnc2P(C2CCCCC2)C2CCCCC2)cc1. The first kappa shape index (κ1) is 18.0. The van der Waals surface area contributed by atoms with E-state index in [2.05, 4.69) is 35.0 Å². The summed E-state index contributed by atoms with van der Waals surface area (Å²) in [7, 11) is 1.54. The molecule has 4 rings (SSSR count). The van der Waals surface area contributed by atoms with Crippen molar-refractivity contribution in [1.82, 2.24) is 9.55 Å². The smallest absolute Gasteiger partial charge is 0.136 e. The van der Waals surface area contributed by atoms with Gasteiger partial charge in [-0.2, -0.15) is 0 Å². The third-order valence-electron chi connectivity index (χ3n) is 6.14. The highest BCUT2D eigenvalue weighted by Crippen LogP contribution is 2.54. The highest BCUT2D eigenvalue weighted by atomic mass is 31.1. The molecule has 3 nitrogen and oxygen atoms in total. The van der Waals surface area contributed by atoms with Crippen LogP contribution < -0.4 is 10.3 Å². The number of methoxy groups -OCH3 is 1. The molecule has 2 aromatic rings. The Balaban J connectivity index is 1.67. The maximum absolute atomic E-state index is 5.33. The van der Waals surface area contributed by atoms with E-state index in [1.54, 1.807) is 7.11 Å². The van der Waals surface area contributed by atoms with Crippen LogP contribution in [0.2, 0.25) is 0 Å². The van der Waals surface area contributed by atoms with E-state index in [1.165, 1.54) is 75.5 Å². The summed E-state index contributed by atoms with van der Waals surface area (Å²) in [5.41, 5.74) is 4.34. The minimum absolute atomic E-state index is 0.190. The van der Waals surface area contributed by atoms with Gasteiger partial charge in [0.15, 0.2) is 0 Å². The minimum atomic E-state index is -0.190. The zero-order valence-electron chi connectivity index (χ0n) is 15.9. The molecule has 0 spiro atoms. The van der Waals surface area contributed by atoms with E-state index in [9.17, 15) is 0 Å². The molecule has 0 atom stereocenters. The molecule has 1 aromatic carbocycles. The van der Waals surface area contributed by atoms with Gasteiger partial charge in [0.2, 0.25) is 0 Å². The average molecular weight is 370 g/mol. The molecule has 2 saturated carbocycles. The third kappa shape index (κ3) is 3.83. The molecule has 0 unspecified atom stereocenters. The van der Waals surface area contributed by atoms with Crippen molar-refractivity contribution in [1.29, 1.82) is 0 Å². The number of nitrogens with zero attached hydrogens (tertiary/aromatic N) is 2. The van der Waals surface area contributed by atoms with Gasteiger partial charge in [-0.25, -0.2) is 4.98 Å². The highest BCUT2D eigenvalue weighted by molar-refractivity contribution is 7.66. The Morgan fingerprint density at radius 1 is 0.885 bits per heavy atom. The van der Waals surface area contributed by atoms with Crippen molar-refractivity contribution in [3.63, 3.8) is 0 Å². The normalized spacial score (nSPS) is 19.8. The van der Waals surface area contributed by atoms with E-state index >= 15 is 0 Å². The van der Waals surface area contributed by atoms with Crippen LogP contribution in [0.15, 0.2) is 36.7 Å². The standard InChI is InChI=1S/C22H31N2OP/c1-25-19-14-12-18(13-15-19)24-17-16-23-22(24)26(20-8-4-2-5-9-20)21-10-6-3-7-11-21/h12-17,20-21H,2-11H2,1H3. The zero-order chi connectivity index (χ0) is 17.8. The number of rotatable bonds is 5. The van der Waals surface area contributed by atoms with E-state index in [1.807, 2.05) is 6.20 Å². The highest BCUT2D eigenvalue weighted by Gasteiger charge is 2.35. The number of aromatic nitrogens is 2. The Bertz CT molecular complexity index is 666. The number of benzene rings is 1. The lowest BCUT2D eigenvalue weighted by Gasteiger charge is -2.38. The molecule has 0 amide bonds. The fourth-order valence-corrected chi connectivity index (χ4v) is 8.50. The summed E-state index contributed by atoms with van der Waals surface area (Å²) < 4.78 is 7.70. The van der Waals surface area contributed by atoms with Crippen molar-refractivity contribution in [2.24, 2.45) is 0 Å². The first-order chi connectivity index (χ1) is 12.9. The summed E-state index contributed by atoms with van der Waals surface area (Å²) in [5.74, 6) is 0.914. The van der Waals surface area contributed by atoms with Crippen LogP contribution in [0.1, 0.15) is 64.2 Å². The molecular weight excluding hydrogens is 339 g/mol. The first-order valence-electron chi connectivity index (χ1n) is 10.3. The van der Waals surface area contributed by atoms with Gasteiger partial charge < -0.3 is 9.30 Å². The maximum Gasteiger partial charge on any atom is 0.136 e. The fourth-order valence-electron chi connectivity index (χ4n) is 4.77. The van der Waals surface area contributed by atoms with E-state index in [0.717, 1.165) is 17.1 Å². The van der Waals surface area contributed by atoms with Crippen LogP contribution in [0.5, 0.6) is 5.75 Å². The van der Waals surface area contributed by atoms with Gasteiger partial charge in [-0.15, -0.1) is 0 Å². The van der Waals surface area contributed by atoms with E-state index in [-0.39, 0.29) is 7.92 Å². The monoisotopic (exact) mass is 370 g/mol. The maximum atomic E-state index is 5.33. The zero-order valence-corrected chi connectivity index (χ0v) is 16.8. The van der Waals surface area contributed by atoms with Crippen molar-refractivity contribution in [2.75, 3.05) is 7.11 Å². The topological polar surface area (TPSA) is 27.1 Å². The van der Waals surface area contributed by atoms with Crippen LogP contribution in [0.4, 0.5) is 0 Å². The van der Waals surface area contributed by atoms with Crippen LogP contribution in [0.25, 0.3) is 5.69 Å². The lowest BCUT2D eigenvalue weighted by molar-refractivity contribution is 0.415. The van der Waals surface area contributed by atoms with Crippen molar-refractivity contribution in [3.05, 3.63) is 36.7 Å².